The quantitative estimate of drug-likeness (QED) is 0.872. The van der Waals surface area contributed by atoms with E-state index in [2.05, 4.69) is 16.8 Å². The highest BCUT2D eigenvalue weighted by Gasteiger charge is 2.24. The number of nitrogens with two attached hydrogens (primary N) is 1. The lowest BCUT2D eigenvalue weighted by Crippen LogP contribution is -2.38. The second kappa shape index (κ2) is 5.91. The van der Waals surface area contributed by atoms with E-state index in [-0.39, 0.29) is 11.3 Å². The Morgan fingerprint density at radius 3 is 2.74 bits per heavy atom. The number of aromatic nitrogens is 1. The Hall–Kier alpha value is -1.78. The first kappa shape index (κ1) is 13.6. The fraction of sp³-hybridized carbons (Fsp3) is 0.571. The molecule has 0 spiro atoms. The predicted octanol–water partition coefficient (Wildman–Crippen LogP) is 2.52. The Bertz CT molecular complexity index is 456. The van der Waals surface area contributed by atoms with Crippen molar-refractivity contribution in [2.75, 3.05) is 17.2 Å². The van der Waals surface area contributed by atoms with Gasteiger partial charge in [0.15, 0.2) is 5.82 Å². The van der Waals surface area contributed by atoms with Gasteiger partial charge in [-0.05, 0) is 25.8 Å². The highest BCUT2D eigenvalue weighted by atomic mass is 16.4. The number of nitrogens with zero attached hydrogens (tertiary/aromatic N) is 2. The van der Waals surface area contributed by atoms with Crippen LogP contribution in [0.3, 0.4) is 0 Å². The van der Waals surface area contributed by atoms with Crippen molar-refractivity contribution >= 4 is 17.5 Å². The van der Waals surface area contributed by atoms with E-state index in [0.717, 1.165) is 19.4 Å². The standard InChI is InChI=1S/C14H21N3O2/c1-2-17(10-6-4-3-5-7-10)13-12(15)11(14(18)19)8-9-16-13/h8-10H,2-7,15H2,1H3,(H,18,19). The number of rotatable bonds is 4. The lowest BCUT2D eigenvalue weighted by Gasteiger charge is -2.35. The van der Waals surface area contributed by atoms with Gasteiger partial charge in [-0.3, -0.25) is 0 Å². The largest absolute Gasteiger partial charge is 0.478 e. The molecule has 1 aliphatic carbocycles. The molecule has 1 heterocycles. The summed E-state index contributed by atoms with van der Waals surface area (Å²) in [7, 11) is 0. The van der Waals surface area contributed by atoms with Gasteiger partial charge in [-0.25, -0.2) is 9.78 Å². The molecule has 5 nitrogen and oxygen atoms in total. The number of carboxylic acids is 1. The summed E-state index contributed by atoms with van der Waals surface area (Å²) in [6.45, 7) is 2.86. The molecule has 19 heavy (non-hydrogen) atoms. The van der Waals surface area contributed by atoms with E-state index in [4.69, 9.17) is 10.8 Å². The number of nitrogen functional groups attached to an aromatic ring is 1. The van der Waals surface area contributed by atoms with Crippen LogP contribution in [0.5, 0.6) is 0 Å². The van der Waals surface area contributed by atoms with Gasteiger partial charge in [0, 0.05) is 18.8 Å². The minimum absolute atomic E-state index is 0.138. The van der Waals surface area contributed by atoms with Crippen molar-refractivity contribution in [3.8, 4) is 0 Å². The molecule has 0 radical (unpaired) electrons. The summed E-state index contributed by atoms with van der Waals surface area (Å²) >= 11 is 0. The minimum atomic E-state index is -0.999. The second-order valence-corrected chi connectivity index (χ2v) is 4.98. The van der Waals surface area contributed by atoms with E-state index in [9.17, 15) is 4.79 Å². The van der Waals surface area contributed by atoms with E-state index in [1.165, 1.54) is 31.5 Å². The zero-order chi connectivity index (χ0) is 13.8. The summed E-state index contributed by atoms with van der Waals surface area (Å²) in [5.41, 5.74) is 6.40. The van der Waals surface area contributed by atoms with Crippen LogP contribution in [-0.4, -0.2) is 28.6 Å². The molecule has 5 heteroatoms. The highest BCUT2D eigenvalue weighted by Crippen LogP contribution is 2.30. The first-order chi connectivity index (χ1) is 9.15. The van der Waals surface area contributed by atoms with Crippen molar-refractivity contribution in [2.24, 2.45) is 0 Å². The number of aromatic carboxylic acids is 1. The molecule has 1 aromatic heterocycles. The predicted molar refractivity (Wildman–Crippen MR) is 75.5 cm³/mol. The van der Waals surface area contributed by atoms with Crippen LogP contribution < -0.4 is 10.6 Å². The highest BCUT2D eigenvalue weighted by molar-refractivity contribution is 5.96. The summed E-state index contributed by atoms with van der Waals surface area (Å²) in [5.74, 6) is -0.379. The van der Waals surface area contributed by atoms with Gasteiger partial charge in [-0.2, -0.15) is 0 Å². The summed E-state index contributed by atoms with van der Waals surface area (Å²) in [4.78, 5) is 17.6. The lowest BCUT2D eigenvalue weighted by molar-refractivity contribution is 0.0698. The maximum Gasteiger partial charge on any atom is 0.337 e. The molecule has 2 rings (SSSR count). The number of pyridine rings is 1. The van der Waals surface area contributed by atoms with Crippen LogP contribution in [0, 0.1) is 0 Å². The Balaban J connectivity index is 2.32. The van der Waals surface area contributed by atoms with Gasteiger partial charge < -0.3 is 15.7 Å². The monoisotopic (exact) mass is 263 g/mol. The first-order valence-electron chi connectivity index (χ1n) is 6.89. The van der Waals surface area contributed by atoms with Crippen molar-refractivity contribution in [1.82, 2.24) is 4.98 Å². The van der Waals surface area contributed by atoms with Crippen molar-refractivity contribution in [3.63, 3.8) is 0 Å². The van der Waals surface area contributed by atoms with Gasteiger partial charge in [0.25, 0.3) is 0 Å². The Kier molecular flexibility index (Phi) is 4.24. The van der Waals surface area contributed by atoms with E-state index in [0.29, 0.717) is 11.9 Å². The van der Waals surface area contributed by atoms with Crippen LogP contribution in [0.1, 0.15) is 49.4 Å². The molecule has 0 atom stereocenters. The van der Waals surface area contributed by atoms with Crippen molar-refractivity contribution in [3.05, 3.63) is 17.8 Å². The van der Waals surface area contributed by atoms with Gasteiger partial charge in [0.2, 0.25) is 0 Å². The van der Waals surface area contributed by atoms with Gasteiger partial charge in [0.1, 0.15) is 0 Å². The number of hydrogen-bond donors (Lipinski definition) is 2. The first-order valence-corrected chi connectivity index (χ1v) is 6.89. The number of carbonyl (C=O) groups is 1. The summed E-state index contributed by atoms with van der Waals surface area (Å²) in [5, 5.41) is 9.13. The molecule has 0 unspecified atom stereocenters. The van der Waals surface area contributed by atoms with Crippen LogP contribution in [0.2, 0.25) is 0 Å². The number of hydrogen-bond acceptors (Lipinski definition) is 4. The van der Waals surface area contributed by atoms with Gasteiger partial charge >= 0.3 is 5.97 Å². The normalized spacial score (nSPS) is 16.3. The molecule has 0 aliphatic heterocycles. The van der Waals surface area contributed by atoms with Crippen LogP contribution >= 0.6 is 0 Å². The zero-order valence-electron chi connectivity index (χ0n) is 11.3. The van der Waals surface area contributed by atoms with Crippen molar-refractivity contribution in [1.29, 1.82) is 0 Å². The van der Waals surface area contributed by atoms with E-state index in [1.54, 1.807) is 0 Å². The van der Waals surface area contributed by atoms with Crippen molar-refractivity contribution < 1.29 is 9.90 Å². The molecule has 0 saturated heterocycles. The molecule has 1 aliphatic rings. The fourth-order valence-corrected chi connectivity index (χ4v) is 2.85. The van der Waals surface area contributed by atoms with Crippen LogP contribution in [0.25, 0.3) is 0 Å². The maximum atomic E-state index is 11.1. The Labute approximate surface area is 113 Å². The average Bonchev–Trinajstić information content (AvgIpc) is 2.42. The average molecular weight is 263 g/mol. The fourth-order valence-electron chi connectivity index (χ4n) is 2.85. The minimum Gasteiger partial charge on any atom is -0.478 e. The van der Waals surface area contributed by atoms with Crippen LogP contribution in [-0.2, 0) is 0 Å². The molecule has 1 fully saturated rings. The molecule has 0 amide bonds. The molecule has 104 valence electrons. The third kappa shape index (κ3) is 2.80. The lowest BCUT2D eigenvalue weighted by atomic mass is 9.94. The Morgan fingerprint density at radius 2 is 2.16 bits per heavy atom. The van der Waals surface area contributed by atoms with Crippen LogP contribution in [0.4, 0.5) is 11.5 Å². The molecule has 3 N–H and O–H groups in total. The smallest absolute Gasteiger partial charge is 0.337 e. The van der Waals surface area contributed by atoms with Gasteiger partial charge in [-0.1, -0.05) is 19.3 Å². The molecular formula is C14H21N3O2. The Morgan fingerprint density at radius 1 is 1.47 bits per heavy atom. The van der Waals surface area contributed by atoms with Crippen molar-refractivity contribution in [2.45, 2.75) is 45.1 Å². The topological polar surface area (TPSA) is 79.5 Å². The van der Waals surface area contributed by atoms with Crippen LogP contribution in [0.15, 0.2) is 12.3 Å². The maximum absolute atomic E-state index is 11.1. The van der Waals surface area contributed by atoms with E-state index < -0.39 is 5.97 Å². The third-order valence-electron chi connectivity index (χ3n) is 3.83. The van der Waals surface area contributed by atoms with Gasteiger partial charge in [-0.15, -0.1) is 0 Å². The molecular weight excluding hydrogens is 242 g/mol. The summed E-state index contributed by atoms with van der Waals surface area (Å²) < 4.78 is 0. The van der Waals surface area contributed by atoms with Gasteiger partial charge in [0.05, 0.1) is 11.3 Å². The summed E-state index contributed by atoms with van der Waals surface area (Å²) in [6.07, 6.45) is 7.52. The molecule has 0 bridgehead atoms. The zero-order valence-corrected chi connectivity index (χ0v) is 11.3. The second-order valence-electron chi connectivity index (χ2n) is 4.98. The molecule has 0 aromatic carbocycles. The van der Waals surface area contributed by atoms with E-state index in [1.807, 2.05) is 0 Å². The molecule has 1 saturated carbocycles. The number of anilines is 2. The van der Waals surface area contributed by atoms with E-state index >= 15 is 0 Å². The third-order valence-corrected chi connectivity index (χ3v) is 3.83. The SMILES string of the molecule is CCN(c1nccc(C(=O)O)c1N)C1CCCCC1. The summed E-state index contributed by atoms with van der Waals surface area (Å²) in [6, 6.07) is 1.88. The number of carboxylic acid groups (broad SMARTS) is 1. The molecule has 1 aromatic rings.